The zero-order valence-corrected chi connectivity index (χ0v) is 14.3. The largest absolute Gasteiger partial charge is 0.463 e. The average Bonchev–Trinajstić information content (AvgIpc) is 3.22. The van der Waals surface area contributed by atoms with Crippen molar-refractivity contribution >= 4 is 9.84 Å². The van der Waals surface area contributed by atoms with E-state index in [0.717, 1.165) is 18.2 Å². The van der Waals surface area contributed by atoms with Crippen molar-refractivity contribution in [2.24, 2.45) is 11.8 Å². The first-order valence-electron chi connectivity index (χ1n) is 8.36. The van der Waals surface area contributed by atoms with Crippen molar-refractivity contribution in [3.05, 3.63) is 18.0 Å². The maximum atomic E-state index is 12.6. The third kappa shape index (κ3) is 2.74. The van der Waals surface area contributed by atoms with E-state index in [0.29, 0.717) is 32.1 Å². The van der Waals surface area contributed by atoms with Gasteiger partial charge in [0.15, 0.2) is 9.84 Å². The fourth-order valence-electron chi connectivity index (χ4n) is 3.88. The zero-order chi connectivity index (χ0) is 16.1. The summed E-state index contributed by atoms with van der Waals surface area (Å²) in [6, 6.07) is 2.16. The molecule has 6 nitrogen and oxygen atoms in total. The summed E-state index contributed by atoms with van der Waals surface area (Å²) < 4.78 is 30.3. The van der Waals surface area contributed by atoms with Crippen LogP contribution in [0.1, 0.15) is 25.0 Å². The van der Waals surface area contributed by atoms with E-state index in [1.54, 1.807) is 6.20 Å². The van der Waals surface area contributed by atoms with Crippen molar-refractivity contribution in [3.63, 3.8) is 0 Å². The van der Waals surface area contributed by atoms with Gasteiger partial charge in [0.25, 0.3) is 0 Å². The molecule has 3 aliphatic rings. The summed E-state index contributed by atoms with van der Waals surface area (Å²) in [6.45, 7) is 4.69. The normalized spacial score (nSPS) is 28.7. The van der Waals surface area contributed by atoms with E-state index in [9.17, 15) is 8.42 Å². The number of nitrogens with zero attached hydrogens (tertiary/aromatic N) is 3. The molecule has 7 heteroatoms. The van der Waals surface area contributed by atoms with Crippen molar-refractivity contribution in [2.45, 2.75) is 30.9 Å². The number of hydrogen-bond acceptors (Lipinski definition) is 6. The van der Waals surface area contributed by atoms with Crippen LogP contribution in [-0.4, -0.2) is 60.0 Å². The molecular formula is C16H23N3O3S. The lowest BCUT2D eigenvalue weighted by molar-refractivity contribution is 0.0595. The van der Waals surface area contributed by atoms with Crippen LogP contribution in [0.15, 0.2) is 12.3 Å². The van der Waals surface area contributed by atoms with Gasteiger partial charge < -0.3 is 4.74 Å². The van der Waals surface area contributed by atoms with E-state index < -0.39 is 14.6 Å². The molecule has 1 atom stereocenters. The molecule has 3 heterocycles. The Kier molecular flexibility index (Phi) is 3.61. The highest BCUT2D eigenvalue weighted by atomic mass is 32.2. The number of hydrogen-bond donors (Lipinski definition) is 0. The number of likely N-dealkylation sites (tertiary alicyclic amines) is 1. The summed E-state index contributed by atoms with van der Waals surface area (Å²) in [6.07, 6.45) is 4.95. The predicted octanol–water partition coefficient (Wildman–Crippen LogP) is 1.06. The number of aromatic nitrogens is 2. The van der Waals surface area contributed by atoms with Gasteiger partial charge in [-0.15, -0.1) is 0 Å². The first-order chi connectivity index (χ1) is 11.0. The average molecular weight is 337 g/mol. The Labute approximate surface area is 137 Å². The van der Waals surface area contributed by atoms with Gasteiger partial charge in [-0.25, -0.2) is 18.4 Å². The van der Waals surface area contributed by atoms with Gasteiger partial charge in [-0.2, -0.15) is 0 Å². The molecular weight excluding hydrogens is 314 g/mol. The van der Waals surface area contributed by atoms with Crippen LogP contribution in [0.25, 0.3) is 0 Å². The Bertz CT molecular complexity index is 696. The minimum atomic E-state index is -3.02. The van der Waals surface area contributed by atoms with Gasteiger partial charge in [0.1, 0.15) is 4.75 Å². The summed E-state index contributed by atoms with van der Waals surface area (Å²) in [7, 11) is -3.02. The second kappa shape index (κ2) is 5.41. The van der Waals surface area contributed by atoms with Crippen LogP contribution >= 0.6 is 0 Å². The van der Waals surface area contributed by atoms with Gasteiger partial charge in [0.05, 0.1) is 12.4 Å². The third-order valence-corrected chi connectivity index (χ3v) is 8.08. The summed E-state index contributed by atoms with van der Waals surface area (Å²) in [5, 5.41) is 0. The number of sulfone groups is 1. The SMILES string of the molecule is Cc1ccnc(OC[C@H]2CCS(=O)(=O)C23CN(CC2CC2)C3)n1. The minimum absolute atomic E-state index is 0.0482. The summed E-state index contributed by atoms with van der Waals surface area (Å²) in [5.74, 6) is 1.13. The van der Waals surface area contributed by atoms with Gasteiger partial charge in [-0.1, -0.05) is 0 Å². The molecule has 1 aromatic rings. The third-order valence-electron chi connectivity index (χ3n) is 5.48. The Hall–Kier alpha value is -1.21. The van der Waals surface area contributed by atoms with Crippen molar-refractivity contribution < 1.29 is 13.2 Å². The first kappa shape index (κ1) is 15.3. The minimum Gasteiger partial charge on any atom is -0.463 e. The van der Waals surface area contributed by atoms with Crippen molar-refractivity contribution in [3.8, 4) is 6.01 Å². The molecule has 23 heavy (non-hydrogen) atoms. The van der Waals surface area contributed by atoms with Crippen molar-refractivity contribution in [2.75, 3.05) is 32.0 Å². The molecule has 2 aliphatic heterocycles. The second-order valence-electron chi connectivity index (χ2n) is 7.27. The fourth-order valence-corrected chi connectivity index (χ4v) is 6.34. The molecule has 0 radical (unpaired) electrons. The van der Waals surface area contributed by atoms with Gasteiger partial charge in [-0.05, 0) is 38.2 Å². The van der Waals surface area contributed by atoms with Crippen molar-refractivity contribution in [1.29, 1.82) is 0 Å². The number of aryl methyl sites for hydroxylation is 1. The molecule has 1 aliphatic carbocycles. The maximum absolute atomic E-state index is 12.6. The lowest BCUT2D eigenvalue weighted by Gasteiger charge is -2.50. The topological polar surface area (TPSA) is 72.4 Å². The van der Waals surface area contributed by atoms with Crippen LogP contribution in [0.5, 0.6) is 6.01 Å². The quantitative estimate of drug-likeness (QED) is 0.800. The smallest absolute Gasteiger partial charge is 0.316 e. The van der Waals surface area contributed by atoms with Gasteiger partial charge >= 0.3 is 6.01 Å². The lowest BCUT2D eigenvalue weighted by Crippen LogP contribution is -2.67. The zero-order valence-electron chi connectivity index (χ0n) is 13.4. The maximum Gasteiger partial charge on any atom is 0.316 e. The van der Waals surface area contributed by atoms with Crippen LogP contribution in [0.4, 0.5) is 0 Å². The highest BCUT2D eigenvalue weighted by Crippen LogP contribution is 2.46. The monoisotopic (exact) mass is 337 g/mol. The van der Waals surface area contributed by atoms with Gasteiger partial charge in [0, 0.05) is 37.4 Å². The Morgan fingerprint density at radius 1 is 1.35 bits per heavy atom. The van der Waals surface area contributed by atoms with E-state index in [-0.39, 0.29) is 11.7 Å². The second-order valence-corrected chi connectivity index (χ2v) is 9.72. The predicted molar refractivity (Wildman–Crippen MR) is 86.1 cm³/mol. The van der Waals surface area contributed by atoms with Crippen LogP contribution < -0.4 is 4.74 Å². The highest BCUT2D eigenvalue weighted by Gasteiger charge is 2.61. The molecule has 1 aromatic heterocycles. The molecule has 0 N–H and O–H groups in total. The van der Waals surface area contributed by atoms with E-state index >= 15 is 0 Å². The lowest BCUT2D eigenvalue weighted by atomic mass is 9.83. The van der Waals surface area contributed by atoms with Gasteiger partial charge in [-0.3, -0.25) is 4.90 Å². The molecule has 1 saturated carbocycles. The molecule has 0 aromatic carbocycles. The van der Waals surface area contributed by atoms with Crippen LogP contribution in [0, 0.1) is 18.8 Å². The van der Waals surface area contributed by atoms with E-state index in [1.165, 1.54) is 12.8 Å². The molecule has 126 valence electrons. The van der Waals surface area contributed by atoms with E-state index in [1.807, 2.05) is 13.0 Å². The Morgan fingerprint density at radius 2 is 2.13 bits per heavy atom. The molecule has 4 rings (SSSR count). The summed E-state index contributed by atoms with van der Waals surface area (Å²) in [5.41, 5.74) is 0.850. The standard InChI is InChI=1S/C16H23N3O3S/c1-12-4-6-17-15(18-12)22-9-14-5-7-23(20,21)16(14)10-19(11-16)8-13-2-3-13/h4,6,13-14H,2-3,5,7-11H2,1H3/t14-/m1/s1. The van der Waals surface area contributed by atoms with E-state index in [4.69, 9.17) is 4.74 Å². The van der Waals surface area contributed by atoms with Crippen LogP contribution in [0.3, 0.4) is 0 Å². The number of ether oxygens (including phenoxy) is 1. The van der Waals surface area contributed by atoms with Crippen LogP contribution in [0.2, 0.25) is 0 Å². The number of rotatable bonds is 5. The highest BCUT2D eigenvalue weighted by molar-refractivity contribution is 7.93. The van der Waals surface area contributed by atoms with E-state index in [2.05, 4.69) is 14.9 Å². The molecule has 2 saturated heterocycles. The Morgan fingerprint density at radius 3 is 2.83 bits per heavy atom. The molecule has 0 unspecified atom stereocenters. The molecule has 3 fully saturated rings. The molecule has 0 amide bonds. The first-order valence-corrected chi connectivity index (χ1v) is 10.0. The Balaban J connectivity index is 1.43. The molecule has 1 spiro atoms. The summed E-state index contributed by atoms with van der Waals surface area (Å²) in [4.78, 5) is 10.6. The fraction of sp³-hybridized carbons (Fsp3) is 0.750. The van der Waals surface area contributed by atoms with Crippen molar-refractivity contribution in [1.82, 2.24) is 14.9 Å². The van der Waals surface area contributed by atoms with Crippen LogP contribution in [-0.2, 0) is 9.84 Å². The summed E-state index contributed by atoms with van der Waals surface area (Å²) >= 11 is 0. The van der Waals surface area contributed by atoms with Gasteiger partial charge in [0.2, 0.25) is 0 Å². The molecule has 0 bridgehead atoms.